The quantitative estimate of drug-likeness (QED) is 0.921. The van der Waals surface area contributed by atoms with Crippen molar-refractivity contribution in [2.45, 2.75) is 13.8 Å². The van der Waals surface area contributed by atoms with Crippen LogP contribution in [0.15, 0.2) is 12.3 Å². The van der Waals surface area contributed by atoms with Gasteiger partial charge in [0.1, 0.15) is 5.82 Å². The summed E-state index contributed by atoms with van der Waals surface area (Å²) in [7, 11) is 5.08. The number of nitrogen functional groups attached to an aromatic ring is 1. The van der Waals surface area contributed by atoms with Gasteiger partial charge in [-0.3, -0.25) is 4.68 Å². The molecule has 0 aliphatic carbocycles. The highest BCUT2D eigenvalue weighted by atomic mass is 16.5. The van der Waals surface area contributed by atoms with E-state index in [0.29, 0.717) is 11.6 Å². The first-order valence-electron chi connectivity index (χ1n) is 6.01. The summed E-state index contributed by atoms with van der Waals surface area (Å²) in [5.74, 6) is 2.03. The van der Waals surface area contributed by atoms with E-state index in [0.717, 1.165) is 28.0 Å². The van der Waals surface area contributed by atoms with Crippen LogP contribution in [0.3, 0.4) is 0 Å². The highest BCUT2D eigenvalue weighted by Crippen LogP contribution is 2.44. The molecule has 0 bridgehead atoms. The first-order chi connectivity index (χ1) is 9.01. The maximum absolute atomic E-state index is 6.06. The summed E-state index contributed by atoms with van der Waals surface area (Å²) >= 11 is 0. The van der Waals surface area contributed by atoms with E-state index >= 15 is 0 Å². The number of rotatable bonds is 3. The lowest BCUT2D eigenvalue weighted by molar-refractivity contribution is 0.354. The normalized spacial score (nSPS) is 10.6. The van der Waals surface area contributed by atoms with Gasteiger partial charge in [0, 0.05) is 18.2 Å². The maximum Gasteiger partial charge on any atom is 0.169 e. The third-order valence-corrected chi connectivity index (χ3v) is 3.28. The minimum Gasteiger partial charge on any atom is -0.493 e. The number of benzene rings is 1. The molecule has 102 valence electrons. The Hall–Kier alpha value is -2.17. The number of ether oxygens (including phenoxy) is 2. The summed E-state index contributed by atoms with van der Waals surface area (Å²) in [4.78, 5) is 0. The Kier molecular flexibility index (Phi) is 3.38. The monoisotopic (exact) mass is 261 g/mol. The zero-order valence-electron chi connectivity index (χ0n) is 11.9. The molecule has 0 saturated carbocycles. The number of nitrogens with zero attached hydrogens (tertiary/aromatic N) is 2. The fourth-order valence-electron chi connectivity index (χ4n) is 2.36. The number of aryl methyl sites for hydroxylation is 3. The molecule has 2 rings (SSSR count). The van der Waals surface area contributed by atoms with Crippen molar-refractivity contribution < 1.29 is 9.47 Å². The molecular weight excluding hydrogens is 242 g/mol. The average molecular weight is 261 g/mol. The number of anilines is 1. The third kappa shape index (κ3) is 2.01. The number of aromatic nitrogens is 2. The van der Waals surface area contributed by atoms with Gasteiger partial charge < -0.3 is 15.2 Å². The molecule has 5 heteroatoms. The predicted octanol–water partition coefficient (Wildman–Crippen LogP) is 2.30. The van der Waals surface area contributed by atoms with Crippen molar-refractivity contribution >= 4 is 5.82 Å². The van der Waals surface area contributed by atoms with Crippen LogP contribution in [0.5, 0.6) is 11.5 Å². The molecule has 0 aliphatic heterocycles. The standard InChI is InChI=1S/C14H19N3O2/c1-8-6-9(2)12(18-4)13(19-5)11(8)10-7-16-17(3)14(10)15/h6-7H,15H2,1-5H3. The fraction of sp³-hybridized carbons (Fsp3) is 0.357. The molecule has 0 fully saturated rings. The van der Waals surface area contributed by atoms with Crippen LogP contribution in [-0.2, 0) is 7.05 Å². The van der Waals surface area contributed by atoms with Crippen molar-refractivity contribution in [3.63, 3.8) is 0 Å². The van der Waals surface area contributed by atoms with E-state index < -0.39 is 0 Å². The highest BCUT2D eigenvalue weighted by Gasteiger charge is 2.20. The molecule has 0 atom stereocenters. The Bertz CT molecular complexity index is 618. The van der Waals surface area contributed by atoms with Crippen LogP contribution in [0, 0.1) is 13.8 Å². The van der Waals surface area contributed by atoms with Crippen molar-refractivity contribution in [1.82, 2.24) is 9.78 Å². The van der Waals surface area contributed by atoms with Gasteiger partial charge in [0.05, 0.1) is 20.4 Å². The van der Waals surface area contributed by atoms with E-state index in [9.17, 15) is 0 Å². The van der Waals surface area contributed by atoms with Gasteiger partial charge in [-0.15, -0.1) is 0 Å². The second kappa shape index (κ2) is 4.84. The fourth-order valence-corrected chi connectivity index (χ4v) is 2.36. The van der Waals surface area contributed by atoms with Crippen LogP contribution < -0.4 is 15.2 Å². The number of hydrogen-bond donors (Lipinski definition) is 1. The lowest BCUT2D eigenvalue weighted by Gasteiger charge is -2.17. The predicted molar refractivity (Wildman–Crippen MR) is 75.6 cm³/mol. The molecule has 2 N–H and O–H groups in total. The first kappa shape index (κ1) is 13.3. The molecule has 0 radical (unpaired) electrons. The summed E-state index contributed by atoms with van der Waals surface area (Å²) in [6, 6.07) is 2.06. The Morgan fingerprint density at radius 2 is 1.74 bits per heavy atom. The molecule has 2 aromatic rings. The van der Waals surface area contributed by atoms with E-state index in [4.69, 9.17) is 15.2 Å². The molecule has 0 aliphatic rings. The molecule has 1 aromatic heterocycles. The average Bonchev–Trinajstić information content (AvgIpc) is 2.69. The van der Waals surface area contributed by atoms with Crippen LogP contribution in [0.1, 0.15) is 11.1 Å². The number of nitrogens with two attached hydrogens (primary N) is 1. The van der Waals surface area contributed by atoms with Gasteiger partial charge in [0.15, 0.2) is 11.5 Å². The smallest absolute Gasteiger partial charge is 0.169 e. The van der Waals surface area contributed by atoms with E-state index in [-0.39, 0.29) is 0 Å². The molecule has 5 nitrogen and oxygen atoms in total. The minimum atomic E-state index is 0.604. The zero-order valence-corrected chi connectivity index (χ0v) is 11.9. The van der Waals surface area contributed by atoms with Crippen molar-refractivity contribution in [2.24, 2.45) is 7.05 Å². The van der Waals surface area contributed by atoms with Crippen molar-refractivity contribution in [2.75, 3.05) is 20.0 Å². The molecule has 1 aromatic carbocycles. The second-order valence-electron chi connectivity index (χ2n) is 4.52. The minimum absolute atomic E-state index is 0.604. The Morgan fingerprint density at radius 3 is 2.21 bits per heavy atom. The first-order valence-corrected chi connectivity index (χ1v) is 6.01. The van der Waals surface area contributed by atoms with Gasteiger partial charge in [-0.1, -0.05) is 6.07 Å². The second-order valence-corrected chi connectivity index (χ2v) is 4.52. The Morgan fingerprint density at radius 1 is 1.11 bits per heavy atom. The SMILES string of the molecule is COc1c(C)cc(C)c(-c2cnn(C)c2N)c1OC. The van der Waals surface area contributed by atoms with Crippen LogP contribution in [-0.4, -0.2) is 24.0 Å². The van der Waals surface area contributed by atoms with Crippen LogP contribution >= 0.6 is 0 Å². The van der Waals surface area contributed by atoms with Crippen molar-refractivity contribution in [1.29, 1.82) is 0 Å². The summed E-state index contributed by atoms with van der Waals surface area (Å²) < 4.78 is 12.6. The maximum atomic E-state index is 6.06. The highest BCUT2D eigenvalue weighted by molar-refractivity contribution is 5.83. The Labute approximate surface area is 112 Å². The summed E-state index contributed by atoms with van der Waals surface area (Å²) in [6.07, 6.45) is 1.74. The largest absolute Gasteiger partial charge is 0.493 e. The Balaban J connectivity index is 2.79. The molecule has 0 saturated heterocycles. The zero-order chi connectivity index (χ0) is 14.2. The van der Waals surface area contributed by atoms with Crippen LogP contribution in [0.4, 0.5) is 5.82 Å². The number of methoxy groups -OCH3 is 2. The van der Waals surface area contributed by atoms with E-state index in [1.807, 2.05) is 20.9 Å². The molecule has 0 amide bonds. The topological polar surface area (TPSA) is 62.3 Å². The van der Waals surface area contributed by atoms with E-state index in [1.165, 1.54) is 0 Å². The lowest BCUT2D eigenvalue weighted by atomic mass is 9.98. The van der Waals surface area contributed by atoms with E-state index in [1.54, 1.807) is 25.1 Å². The van der Waals surface area contributed by atoms with Gasteiger partial charge in [0.25, 0.3) is 0 Å². The molecule has 19 heavy (non-hydrogen) atoms. The number of hydrogen-bond acceptors (Lipinski definition) is 4. The van der Waals surface area contributed by atoms with Crippen LogP contribution in [0.2, 0.25) is 0 Å². The van der Waals surface area contributed by atoms with E-state index in [2.05, 4.69) is 11.2 Å². The van der Waals surface area contributed by atoms with Gasteiger partial charge in [0.2, 0.25) is 0 Å². The van der Waals surface area contributed by atoms with Crippen LogP contribution in [0.25, 0.3) is 11.1 Å². The summed E-state index contributed by atoms with van der Waals surface area (Å²) in [5.41, 5.74) is 9.95. The molecule has 0 spiro atoms. The van der Waals surface area contributed by atoms with Crippen molar-refractivity contribution in [3.8, 4) is 22.6 Å². The van der Waals surface area contributed by atoms with Crippen molar-refractivity contribution in [3.05, 3.63) is 23.4 Å². The lowest BCUT2D eigenvalue weighted by Crippen LogP contribution is -2.01. The molecule has 0 unspecified atom stereocenters. The molecule has 1 heterocycles. The van der Waals surface area contributed by atoms with Gasteiger partial charge in [-0.05, 0) is 25.0 Å². The summed E-state index contributed by atoms with van der Waals surface area (Å²) in [6.45, 7) is 4.02. The summed E-state index contributed by atoms with van der Waals surface area (Å²) in [5, 5.41) is 4.18. The van der Waals surface area contributed by atoms with Gasteiger partial charge in [-0.25, -0.2) is 0 Å². The van der Waals surface area contributed by atoms with Gasteiger partial charge >= 0.3 is 0 Å². The molecular formula is C14H19N3O2. The van der Waals surface area contributed by atoms with Gasteiger partial charge in [-0.2, -0.15) is 5.10 Å². The third-order valence-electron chi connectivity index (χ3n) is 3.28.